The van der Waals surface area contributed by atoms with Crippen LogP contribution in [-0.4, -0.2) is 42.7 Å². The van der Waals surface area contributed by atoms with Gasteiger partial charge in [-0.2, -0.15) is 0 Å². The lowest BCUT2D eigenvalue weighted by molar-refractivity contribution is -0.128. The van der Waals surface area contributed by atoms with Crippen LogP contribution in [0, 0.1) is 5.82 Å². The Hall–Kier alpha value is -1.07. The van der Waals surface area contributed by atoms with Crippen LogP contribution in [0.5, 0.6) is 0 Å². The third-order valence-corrected chi connectivity index (χ3v) is 3.61. The highest BCUT2D eigenvalue weighted by Crippen LogP contribution is 2.19. The summed E-state index contributed by atoms with van der Waals surface area (Å²) in [6.07, 6.45) is 0. The third kappa shape index (κ3) is 3.71. The molecule has 1 aromatic carbocycles. The van der Waals surface area contributed by atoms with Gasteiger partial charge in [0, 0.05) is 31.1 Å². The topological polar surface area (TPSA) is 32.3 Å². The summed E-state index contributed by atoms with van der Waals surface area (Å²) in [7, 11) is 0. The van der Waals surface area contributed by atoms with Gasteiger partial charge in [-0.25, -0.2) is 4.39 Å². The average molecular weight is 254 g/mol. The number of piperazine rings is 1. The Bertz CT molecular complexity index is 394. The quantitative estimate of drug-likeness (QED) is 0.826. The maximum absolute atomic E-state index is 12.9. The average Bonchev–Trinajstić information content (AvgIpc) is 2.37. The second kappa shape index (κ2) is 6.02. The van der Waals surface area contributed by atoms with E-state index in [9.17, 15) is 9.18 Å². The molecule has 0 aliphatic carbocycles. The Morgan fingerprint density at radius 2 is 2.18 bits per heavy atom. The summed E-state index contributed by atoms with van der Waals surface area (Å²) >= 11 is 1.38. The van der Waals surface area contributed by atoms with Crippen molar-refractivity contribution in [1.82, 2.24) is 10.2 Å². The molecule has 1 aliphatic heterocycles. The van der Waals surface area contributed by atoms with E-state index in [1.165, 1.54) is 23.9 Å². The van der Waals surface area contributed by atoms with Crippen molar-refractivity contribution in [2.75, 3.05) is 31.9 Å². The lowest BCUT2D eigenvalue weighted by Gasteiger charge is -2.27. The van der Waals surface area contributed by atoms with Crippen molar-refractivity contribution in [3.05, 3.63) is 30.1 Å². The molecule has 2 rings (SSSR count). The fraction of sp³-hybridized carbons (Fsp3) is 0.417. The molecular formula is C12H15FN2OS. The first-order valence-corrected chi connectivity index (χ1v) is 6.61. The van der Waals surface area contributed by atoms with Crippen molar-refractivity contribution in [2.24, 2.45) is 0 Å². The van der Waals surface area contributed by atoms with Gasteiger partial charge in [0.05, 0.1) is 5.75 Å². The van der Waals surface area contributed by atoms with E-state index in [0.29, 0.717) is 5.75 Å². The van der Waals surface area contributed by atoms with Crippen LogP contribution in [0.15, 0.2) is 29.2 Å². The van der Waals surface area contributed by atoms with Gasteiger partial charge in [0.1, 0.15) is 5.82 Å². The zero-order valence-electron chi connectivity index (χ0n) is 9.49. The number of hydrogen-bond acceptors (Lipinski definition) is 3. The molecule has 1 amide bonds. The minimum atomic E-state index is -0.260. The lowest BCUT2D eigenvalue weighted by atomic mass is 10.3. The highest BCUT2D eigenvalue weighted by molar-refractivity contribution is 8.00. The molecule has 0 aromatic heterocycles. The van der Waals surface area contributed by atoms with E-state index in [0.717, 1.165) is 31.1 Å². The first kappa shape index (κ1) is 12.4. The molecule has 0 radical (unpaired) electrons. The van der Waals surface area contributed by atoms with Crippen LogP contribution < -0.4 is 5.32 Å². The van der Waals surface area contributed by atoms with Gasteiger partial charge in [0.25, 0.3) is 0 Å². The number of carbonyl (C=O) groups excluding carboxylic acids is 1. The summed E-state index contributed by atoms with van der Waals surface area (Å²) in [6.45, 7) is 3.25. The molecule has 0 unspecified atom stereocenters. The van der Waals surface area contributed by atoms with E-state index in [-0.39, 0.29) is 11.7 Å². The maximum Gasteiger partial charge on any atom is 0.233 e. The number of rotatable bonds is 3. The number of nitrogens with zero attached hydrogens (tertiary/aromatic N) is 1. The Labute approximate surface area is 104 Å². The highest BCUT2D eigenvalue weighted by atomic mass is 32.2. The van der Waals surface area contributed by atoms with E-state index >= 15 is 0 Å². The molecule has 0 spiro atoms. The molecule has 17 heavy (non-hydrogen) atoms. The van der Waals surface area contributed by atoms with Crippen LogP contribution in [0.1, 0.15) is 0 Å². The zero-order chi connectivity index (χ0) is 12.1. The Kier molecular flexibility index (Phi) is 4.39. The maximum atomic E-state index is 12.9. The minimum absolute atomic E-state index is 0.126. The summed E-state index contributed by atoms with van der Waals surface area (Å²) in [5.74, 6) is 0.245. The molecule has 0 bridgehead atoms. The van der Waals surface area contributed by atoms with Gasteiger partial charge in [-0.05, 0) is 18.2 Å². The second-order valence-electron chi connectivity index (χ2n) is 3.88. The number of nitrogens with one attached hydrogen (secondary N) is 1. The van der Waals surface area contributed by atoms with Crippen LogP contribution >= 0.6 is 11.8 Å². The van der Waals surface area contributed by atoms with Gasteiger partial charge in [-0.1, -0.05) is 6.07 Å². The fourth-order valence-electron chi connectivity index (χ4n) is 1.71. The van der Waals surface area contributed by atoms with Gasteiger partial charge in [0.15, 0.2) is 0 Å². The summed E-state index contributed by atoms with van der Waals surface area (Å²) in [6, 6.07) is 6.34. The molecule has 92 valence electrons. The van der Waals surface area contributed by atoms with E-state index in [1.54, 1.807) is 6.07 Å². The SMILES string of the molecule is O=C(CSc1cccc(F)c1)N1CCNCC1. The molecular weight excluding hydrogens is 239 g/mol. The summed E-state index contributed by atoms with van der Waals surface area (Å²) < 4.78 is 12.9. The number of hydrogen-bond donors (Lipinski definition) is 1. The summed E-state index contributed by atoms with van der Waals surface area (Å²) in [5.41, 5.74) is 0. The monoisotopic (exact) mass is 254 g/mol. The van der Waals surface area contributed by atoms with Crippen molar-refractivity contribution in [3.63, 3.8) is 0 Å². The Morgan fingerprint density at radius 3 is 2.88 bits per heavy atom. The molecule has 1 heterocycles. The van der Waals surface area contributed by atoms with Crippen LogP contribution in [0.4, 0.5) is 4.39 Å². The van der Waals surface area contributed by atoms with Crippen molar-refractivity contribution in [1.29, 1.82) is 0 Å². The molecule has 5 heteroatoms. The standard InChI is InChI=1S/C12H15FN2OS/c13-10-2-1-3-11(8-10)17-9-12(16)15-6-4-14-5-7-15/h1-3,8,14H,4-7,9H2. The predicted molar refractivity (Wildman–Crippen MR) is 66.6 cm³/mol. The molecule has 3 nitrogen and oxygen atoms in total. The van der Waals surface area contributed by atoms with Crippen LogP contribution in [0.2, 0.25) is 0 Å². The molecule has 1 N–H and O–H groups in total. The first-order chi connectivity index (χ1) is 8.25. The van der Waals surface area contributed by atoms with Crippen LogP contribution in [-0.2, 0) is 4.79 Å². The summed E-state index contributed by atoms with van der Waals surface area (Å²) in [5, 5.41) is 3.20. The normalized spacial score (nSPS) is 15.9. The third-order valence-electron chi connectivity index (χ3n) is 2.63. The molecule has 1 aliphatic rings. The molecule has 1 saturated heterocycles. The summed E-state index contributed by atoms with van der Waals surface area (Å²) in [4.78, 5) is 14.5. The molecule has 0 atom stereocenters. The van der Waals surface area contributed by atoms with Crippen molar-refractivity contribution < 1.29 is 9.18 Å². The van der Waals surface area contributed by atoms with E-state index in [2.05, 4.69) is 5.32 Å². The Balaban J connectivity index is 1.83. The smallest absolute Gasteiger partial charge is 0.233 e. The minimum Gasteiger partial charge on any atom is -0.339 e. The number of amides is 1. The van der Waals surface area contributed by atoms with Crippen LogP contribution in [0.3, 0.4) is 0 Å². The molecule has 0 saturated carbocycles. The van der Waals surface area contributed by atoms with Crippen molar-refractivity contribution >= 4 is 17.7 Å². The van der Waals surface area contributed by atoms with Gasteiger partial charge in [-0.15, -0.1) is 11.8 Å². The van der Waals surface area contributed by atoms with Gasteiger partial charge < -0.3 is 10.2 Å². The zero-order valence-corrected chi connectivity index (χ0v) is 10.3. The van der Waals surface area contributed by atoms with E-state index < -0.39 is 0 Å². The highest BCUT2D eigenvalue weighted by Gasteiger charge is 2.15. The van der Waals surface area contributed by atoms with Gasteiger partial charge in [-0.3, -0.25) is 4.79 Å². The molecule has 1 aromatic rings. The number of thioether (sulfide) groups is 1. The van der Waals surface area contributed by atoms with Crippen molar-refractivity contribution in [2.45, 2.75) is 4.90 Å². The van der Waals surface area contributed by atoms with E-state index in [1.807, 2.05) is 11.0 Å². The van der Waals surface area contributed by atoms with Crippen LogP contribution in [0.25, 0.3) is 0 Å². The number of carbonyl (C=O) groups is 1. The van der Waals surface area contributed by atoms with Gasteiger partial charge >= 0.3 is 0 Å². The second-order valence-corrected chi connectivity index (χ2v) is 4.93. The van der Waals surface area contributed by atoms with Gasteiger partial charge in [0.2, 0.25) is 5.91 Å². The lowest BCUT2D eigenvalue weighted by Crippen LogP contribution is -2.47. The fourth-order valence-corrected chi connectivity index (χ4v) is 2.55. The predicted octanol–water partition coefficient (Wildman–Crippen LogP) is 1.35. The van der Waals surface area contributed by atoms with E-state index in [4.69, 9.17) is 0 Å². The Morgan fingerprint density at radius 1 is 1.41 bits per heavy atom. The molecule has 1 fully saturated rings. The largest absolute Gasteiger partial charge is 0.339 e. The number of benzene rings is 1. The first-order valence-electron chi connectivity index (χ1n) is 5.62. The number of halogens is 1. The van der Waals surface area contributed by atoms with Crippen molar-refractivity contribution in [3.8, 4) is 0 Å².